The van der Waals surface area contributed by atoms with Crippen LogP contribution >= 0.6 is 22.9 Å². The Morgan fingerprint density at radius 1 is 0.797 bits per heavy atom. The molecule has 0 bridgehead atoms. The highest BCUT2D eigenvalue weighted by molar-refractivity contribution is 7.22. The van der Waals surface area contributed by atoms with Crippen LogP contribution in [0, 0.1) is 23.7 Å². The number of amides is 5. The van der Waals surface area contributed by atoms with Gasteiger partial charge in [0, 0.05) is 90.3 Å². The molecule has 6 aliphatic heterocycles. The van der Waals surface area contributed by atoms with E-state index in [-0.39, 0.29) is 35.5 Å². The summed E-state index contributed by atoms with van der Waals surface area (Å²) in [6.07, 6.45) is 15.6. The van der Waals surface area contributed by atoms with Crippen LogP contribution in [-0.4, -0.2) is 137 Å². The summed E-state index contributed by atoms with van der Waals surface area (Å²) in [4.78, 5) is 84.6. The van der Waals surface area contributed by atoms with Gasteiger partial charge in [0.15, 0.2) is 5.60 Å². The van der Waals surface area contributed by atoms with E-state index in [0.717, 1.165) is 103 Å². The van der Waals surface area contributed by atoms with E-state index in [2.05, 4.69) is 31.1 Å². The Morgan fingerprint density at radius 2 is 1.49 bits per heavy atom. The summed E-state index contributed by atoms with van der Waals surface area (Å²) in [7, 11) is 0. The summed E-state index contributed by atoms with van der Waals surface area (Å²) >= 11 is 8.02. The molecule has 366 valence electrons. The SMILES string of the molecule is O=CN1CCC(Oc2ccccc2-c2nc3cccc(Cl)c3s2)(C(=O)N2CCC(C(=O)N3CCC(CC4CCN(CC5CCN(c6cncc(C7CCC(=O)NC7=O)c6)CC5)CC4)CC3)CC2)CC1. The molecule has 1 N–H and O–H groups in total. The fourth-order valence-corrected chi connectivity index (χ4v) is 13.3. The number of fused-ring (bicyclic) bond motifs is 1. The lowest BCUT2D eigenvalue weighted by Gasteiger charge is -2.44. The van der Waals surface area contributed by atoms with Gasteiger partial charge < -0.3 is 29.2 Å². The molecule has 4 aromatic rings. The first-order valence-electron chi connectivity index (χ1n) is 25.5. The topological polar surface area (TPSA) is 149 Å². The molecule has 6 fully saturated rings. The monoisotopic (exact) mass is 976 g/mol. The molecule has 8 heterocycles. The third kappa shape index (κ3) is 10.7. The maximum Gasteiger partial charge on any atom is 0.266 e. The average Bonchev–Trinajstić information content (AvgIpc) is 3.83. The van der Waals surface area contributed by atoms with E-state index < -0.39 is 5.60 Å². The van der Waals surface area contributed by atoms with Gasteiger partial charge in [-0.3, -0.25) is 34.3 Å². The number of carbonyl (C=O) groups is 5. The first-order valence-corrected chi connectivity index (χ1v) is 26.7. The third-order valence-corrected chi connectivity index (χ3v) is 17.8. The normalized spacial score (nSPS) is 22.8. The second-order valence-corrected chi connectivity index (χ2v) is 22.0. The quantitative estimate of drug-likeness (QED) is 0.113. The fraction of sp³-hybridized carbons (Fsp3) is 0.566. The summed E-state index contributed by atoms with van der Waals surface area (Å²) in [6, 6.07) is 15.5. The number of benzene rings is 2. The number of thiazole rings is 1. The molecular formula is C53H65ClN8O6S. The van der Waals surface area contributed by atoms with Crippen molar-refractivity contribution < 1.29 is 28.7 Å². The van der Waals surface area contributed by atoms with Crippen LogP contribution < -0.4 is 15.0 Å². The molecular weight excluding hydrogens is 912 g/mol. The van der Waals surface area contributed by atoms with Crippen molar-refractivity contribution >= 4 is 68.9 Å². The number of pyridine rings is 1. The lowest BCUT2D eigenvalue weighted by Crippen LogP contribution is -2.59. The highest BCUT2D eigenvalue weighted by atomic mass is 35.5. The molecule has 0 spiro atoms. The van der Waals surface area contributed by atoms with Gasteiger partial charge in [-0.1, -0.05) is 29.8 Å². The molecule has 10 rings (SSSR count). The maximum absolute atomic E-state index is 14.7. The highest BCUT2D eigenvalue weighted by Gasteiger charge is 2.48. The minimum Gasteiger partial charge on any atom is -0.477 e. The molecule has 1 atom stereocenters. The van der Waals surface area contributed by atoms with Crippen molar-refractivity contribution in [3.63, 3.8) is 0 Å². The van der Waals surface area contributed by atoms with Crippen molar-refractivity contribution in [3.8, 4) is 16.3 Å². The molecule has 14 nitrogen and oxygen atoms in total. The number of aromatic nitrogens is 2. The van der Waals surface area contributed by atoms with Crippen LogP contribution in [0.4, 0.5) is 5.69 Å². The van der Waals surface area contributed by atoms with Gasteiger partial charge in [0.05, 0.1) is 38.6 Å². The van der Waals surface area contributed by atoms with Crippen LogP contribution in [-0.2, 0) is 24.0 Å². The Kier molecular flexibility index (Phi) is 14.5. The molecule has 16 heteroatoms. The number of piperidine rings is 6. The molecule has 2 aromatic heterocycles. The molecule has 1 unspecified atom stereocenters. The summed E-state index contributed by atoms with van der Waals surface area (Å²) < 4.78 is 7.78. The van der Waals surface area contributed by atoms with Crippen LogP contribution in [0.1, 0.15) is 95.0 Å². The minimum absolute atomic E-state index is 0.0699. The summed E-state index contributed by atoms with van der Waals surface area (Å²) in [5.41, 5.74) is 2.42. The smallest absolute Gasteiger partial charge is 0.266 e. The second kappa shape index (κ2) is 21.1. The number of hydrogen-bond donors (Lipinski definition) is 1. The van der Waals surface area contributed by atoms with Crippen LogP contribution in [0.5, 0.6) is 5.75 Å². The molecule has 5 amide bonds. The molecule has 6 saturated heterocycles. The number of hydrogen-bond acceptors (Lipinski definition) is 11. The first kappa shape index (κ1) is 47.6. The van der Waals surface area contributed by atoms with Gasteiger partial charge in [0.25, 0.3) is 5.91 Å². The van der Waals surface area contributed by atoms with E-state index in [1.54, 1.807) is 11.1 Å². The predicted octanol–water partition coefficient (Wildman–Crippen LogP) is 7.40. The standard InChI is InChI=1S/C53H65ClN8O6S/c54-44-5-3-6-45-48(44)69-50(56-45)43-4-1-2-7-46(43)68-53(18-28-59(35-63)29-19-53)52(67)62-26-16-39(17-27-62)51(66)61-24-12-37(13-25-61)30-36-10-20-58(21-11-36)34-38-14-22-60(23-15-38)41-31-40(32-55-33-41)42-8-9-47(64)57-49(42)65/h1-7,31-33,35-39,42H,8-30,34H2,(H,57,64,65). The number of halogens is 1. The predicted molar refractivity (Wildman–Crippen MR) is 267 cm³/mol. The zero-order chi connectivity index (χ0) is 47.5. The lowest BCUT2D eigenvalue weighted by atomic mass is 9.82. The van der Waals surface area contributed by atoms with Crippen molar-refractivity contribution in [3.05, 3.63) is 71.5 Å². The Balaban J connectivity index is 0.657. The van der Waals surface area contributed by atoms with Gasteiger partial charge in [0.2, 0.25) is 24.1 Å². The van der Waals surface area contributed by atoms with E-state index in [4.69, 9.17) is 21.3 Å². The van der Waals surface area contributed by atoms with Crippen LogP contribution in [0.3, 0.4) is 0 Å². The first-order chi connectivity index (χ1) is 33.6. The van der Waals surface area contributed by atoms with Gasteiger partial charge in [-0.15, -0.1) is 11.3 Å². The van der Waals surface area contributed by atoms with Gasteiger partial charge in [0.1, 0.15) is 10.8 Å². The Bertz CT molecular complexity index is 2500. The number of likely N-dealkylation sites (tertiary alicyclic amines) is 4. The zero-order valence-corrected chi connectivity index (χ0v) is 41.1. The Hall–Kier alpha value is -5.12. The van der Waals surface area contributed by atoms with Gasteiger partial charge in [-0.2, -0.15) is 0 Å². The third-order valence-electron chi connectivity index (χ3n) is 16.2. The molecule has 0 aliphatic carbocycles. The molecule has 0 saturated carbocycles. The zero-order valence-electron chi connectivity index (χ0n) is 39.6. The Labute approximate surface area is 414 Å². The van der Waals surface area contributed by atoms with Gasteiger partial charge >= 0.3 is 0 Å². The second-order valence-electron chi connectivity index (χ2n) is 20.6. The van der Waals surface area contributed by atoms with E-state index in [1.165, 1.54) is 43.7 Å². The number of rotatable bonds is 12. The van der Waals surface area contributed by atoms with Gasteiger partial charge in [-0.05, 0) is 131 Å². The molecule has 2 aromatic carbocycles. The Morgan fingerprint density at radius 3 is 2.20 bits per heavy atom. The number of ether oxygens (including phenoxy) is 1. The fourth-order valence-electron chi connectivity index (χ4n) is 12.0. The minimum atomic E-state index is -1.14. The molecule has 6 aliphatic rings. The van der Waals surface area contributed by atoms with E-state index in [9.17, 15) is 24.0 Å². The molecule has 69 heavy (non-hydrogen) atoms. The number of imide groups is 1. The van der Waals surface area contributed by atoms with Crippen LogP contribution in [0.15, 0.2) is 60.9 Å². The number of para-hydroxylation sites is 1. The lowest BCUT2D eigenvalue weighted by molar-refractivity contribution is -0.156. The van der Waals surface area contributed by atoms with E-state index in [1.807, 2.05) is 53.6 Å². The number of nitrogens with one attached hydrogen (secondary N) is 1. The number of anilines is 1. The summed E-state index contributed by atoms with van der Waals surface area (Å²) in [6.45, 7) is 8.97. The van der Waals surface area contributed by atoms with Crippen molar-refractivity contribution in [2.45, 2.75) is 95.0 Å². The average molecular weight is 978 g/mol. The van der Waals surface area contributed by atoms with Crippen molar-refractivity contribution in [1.82, 2.24) is 34.9 Å². The van der Waals surface area contributed by atoms with Crippen LogP contribution in [0.2, 0.25) is 5.02 Å². The number of carbonyl (C=O) groups excluding carboxylic acids is 5. The largest absolute Gasteiger partial charge is 0.477 e. The van der Waals surface area contributed by atoms with Crippen molar-refractivity contribution in [2.75, 3.05) is 76.9 Å². The van der Waals surface area contributed by atoms with E-state index in [0.29, 0.717) is 87.3 Å². The number of nitrogens with zero attached hydrogens (tertiary/aromatic N) is 7. The summed E-state index contributed by atoms with van der Waals surface area (Å²) in [5.74, 6) is 2.04. The van der Waals surface area contributed by atoms with Crippen LogP contribution in [0.25, 0.3) is 20.8 Å². The molecule has 0 radical (unpaired) electrons. The highest BCUT2D eigenvalue weighted by Crippen LogP contribution is 2.42. The van der Waals surface area contributed by atoms with Gasteiger partial charge in [-0.25, -0.2) is 4.98 Å². The van der Waals surface area contributed by atoms with E-state index >= 15 is 0 Å². The summed E-state index contributed by atoms with van der Waals surface area (Å²) in [5, 5.41) is 3.89. The maximum atomic E-state index is 14.7. The van der Waals surface area contributed by atoms with Crippen molar-refractivity contribution in [1.29, 1.82) is 0 Å². The van der Waals surface area contributed by atoms with Crippen molar-refractivity contribution in [2.24, 2.45) is 23.7 Å².